The molecule has 1 aliphatic heterocycles. The molecule has 4 rings (SSSR count). The maximum absolute atomic E-state index is 12.7. The normalized spacial score (nSPS) is 22.9. The fourth-order valence-electron chi connectivity index (χ4n) is 4.15. The van der Waals surface area contributed by atoms with E-state index in [1.54, 1.807) is 12.1 Å². The highest BCUT2D eigenvalue weighted by atomic mass is 35.5. The molecule has 5 nitrogen and oxygen atoms in total. The van der Waals surface area contributed by atoms with Crippen LogP contribution in [-0.2, 0) is 4.79 Å². The number of nitrogens with zero attached hydrogens (tertiary/aromatic N) is 3. The van der Waals surface area contributed by atoms with Gasteiger partial charge in [-0.2, -0.15) is 0 Å². The topological polar surface area (TPSA) is 59.2 Å². The lowest BCUT2D eigenvalue weighted by Gasteiger charge is -2.44. The van der Waals surface area contributed by atoms with Crippen LogP contribution in [0.15, 0.2) is 33.9 Å². The summed E-state index contributed by atoms with van der Waals surface area (Å²) in [5.74, 6) is 1.66. The minimum absolute atomic E-state index is 0.189. The molecule has 2 fully saturated rings. The molecule has 0 N–H and O–H groups in total. The number of carbonyl (C=O) groups is 1. The third kappa shape index (κ3) is 3.91. The standard InChI is InChI=1S/C19H22ClN3O2S/c20-15-8-3-6-14(11-15)18-21-22-19(25-18)26-12-17(24)23-10-4-7-13-5-1-2-9-16(13)23/h3,6,8,11,13,16H,1-2,4-5,7,9-10,12H2/t13-,16+/m0/s1. The van der Waals surface area contributed by atoms with Crippen LogP contribution in [0.3, 0.4) is 0 Å². The van der Waals surface area contributed by atoms with Gasteiger partial charge in [0.25, 0.3) is 5.22 Å². The number of benzene rings is 1. The minimum atomic E-state index is 0.189. The summed E-state index contributed by atoms with van der Waals surface area (Å²) in [6.07, 6.45) is 7.37. The maximum atomic E-state index is 12.7. The number of fused-ring (bicyclic) bond motifs is 1. The summed E-state index contributed by atoms with van der Waals surface area (Å²) in [6, 6.07) is 7.74. The molecule has 26 heavy (non-hydrogen) atoms. The van der Waals surface area contributed by atoms with Gasteiger partial charge in [-0.25, -0.2) is 0 Å². The molecule has 1 aliphatic carbocycles. The molecule has 138 valence electrons. The van der Waals surface area contributed by atoms with E-state index in [1.807, 2.05) is 12.1 Å². The van der Waals surface area contributed by atoms with Crippen LogP contribution in [-0.4, -0.2) is 39.3 Å². The molecule has 1 amide bonds. The molecule has 0 bridgehead atoms. The van der Waals surface area contributed by atoms with Crippen molar-refractivity contribution >= 4 is 29.3 Å². The molecule has 0 unspecified atom stereocenters. The summed E-state index contributed by atoms with van der Waals surface area (Å²) in [6.45, 7) is 0.887. The summed E-state index contributed by atoms with van der Waals surface area (Å²) in [4.78, 5) is 14.9. The predicted molar refractivity (Wildman–Crippen MR) is 102 cm³/mol. The maximum Gasteiger partial charge on any atom is 0.277 e. The third-order valence-electron chi connectivity index (χ3n) is 5.36. The van der Waals surface area contributed by atoms with Gasteiger partial charge in [-0.3, -0.25) is 4.79 Å². The Morgan fingerprint density at radius 3 is 2.96 bits per heavy atom. The van der Waals surface area contributed by atoms with Crippen molar-refractivity contribution in [3.05, 3.63) is 29.3 Å². The van der Waals surface area contributed by atoms with Gasteiger partial charge < -0.3 is 9.32 Å². The van der Waals surface area contributed by atoms with Gasteiger partial charge >= 0.3 is 0 Å². The first kappa shape index (κ1) is 17.9. The molecule has 2 aromatic rings. The number of piperidine rings is 1. The molecule has 1 saturated heterocycles. The first-order chi connectivity index (χ1) is 12.7. The van der Waals surface area contributed by atoms with E-state index in [0.29, 0.717) is 33.8 Å². The second-order valence-corrected chi connectivity index (χ2v) is 8.38. The number of rotatable bonds is 4. The summed E-state index contributed by atoms with van der Waals surface area (Å²) in [7, 11) is 0. The summed E-state index contributed by atoms with van der Waals surface area (Å²) >= 11 is 7.32. The van der Waals surface area contributed by atoms with E-state index < -0.39 is 0 Å². The van der Waals surface area contributed by atoms with Crippen molar-refractivity contribution in [2.24, 2.45) is 5.92 Å². The van der Waals surface area contributed by atoms with E-state index >= 15 is 0 Å². The highest BCUT2D eigenvalue weighted by Crippen LogP contribution is 2.35. The van der Waals surface area contributed by atoms with Gasteiger partial charge in [-0.15, -0.1) is 10.2 Å². The molecule has 0 radical (unpaired) electrons. The minimum Gasteiger partial charge on any atom is -0.411 e. The van der Waals surface area contributed by atoms with E-state index in [0.717, 1.165) is 24.9 Å². The van der Waals surface area contributed by atoms with E-state index in [-0.39, 0.29) is 5.91 Å². The first-order valence-corrected chi connectivity index (χ1v) is 10.6. The van der Waals surface area contributed by atoms with Crippen molar-refractivity contribution in [2.75, 3.05) is 12.3 Å². The molecule has 2 heterocycles. The molecule has 2 aliphatic rings. The Labute approximate surface area is 162 Å². The van der Waals surface area contributed by atoms with E-state index in [9.17, 15) is 4.79 Å². The zero-order chi connectivity index (χ0) is 17.9. The van der Waals surface area contributed by atoms with Crippen LogP contribution in [0.5, 0.6) is 0 Å². The number of hydrogen-bond donors (Lipinski definition) is 0. The Bertz CT molecular complexity index is 780. The molecule has 2 atom stereocenters. The molecule has 0 spiro atoms. The SMILES string of the molecule is O=C(CSc1nnc(-c2cccc(Cl)c2)o1)N1CCC[C@@H]2CCCC[C@H]21. The Kier molecular flexibility index (Phi) is 5.50. The van der Waals surface area contributed by atoms with Crippen LogP contribution in [0.2, 0.25) is 5.02 Å². The first-order valence-electron chi connectivity index (χ1n) is 9.22. The van der Waals surface area contributed by atoms with E-state index in [1.165, 1.54) is 37.4 Å². The van der Waals surface area contributed by atoms with Gasteiger partial charge in [-0.05, 0) is 49.8 Å². The molecule has 7 heteroatoms. The van der Waals surface area contributed by atoms with Gasteiger partial charge in [0.2, 0.25) is 11.8 Å². The predicted octanol–water partition coefficient (Wildman–Crippen LogP) is 4.66. The second kappa shape index (κ2) is 8.01. The fraction of sp³-hybridized carbons (Fsp3) is 0.526. The number of carbonyl (C=O) groups excluding carboxylic acids is 1. The zero-order valence-electron chi connectivity index (χ0n) is 14.6. The fourth-order valence-corrected chi connectivity index (χ4v) is 4.99. The molecular formula is C19H22ClN3O2S. The van der Waals surface area contributed by atoms with E-state index in [4.69, 9.17) is 16.0 Å². The van der Waals surface area contributed by atoms with Crippen LogP contribution in [0, 0.1) is 5.92 Å². The average molecular weight is 392 g/mol. The monoisotopic (exact) mass is 391 g/mol. The number of hydrogen-bond acceptors (Lipinski definition) is 5. The Hall–Kier alpha value is -1.53. The van der Waals surface area contributed by atoms with Crippen molar-refractivity contribution < 1.29 is 9.21 Å². The van der Waals surface area contributed by atoms with Gasteiger partial charge in [-0.1, -0.05) is 42.3 Å². The Morgan fingerprint density at radius 2 is 2.08 bits per heavy atom. The van der Waals surface area contributed by atoms with Gasteiger partial charge in [0.1, 0.15) is 0 Å². The van der Waals surface area contributed by atoms with Crippen molar-refractivity contribution in [3.8, 4) is 11.5 Å². The lowest BCUT2D eigenvalue weighted by Crippen LogP contribution is -2.50. The van der Waals surface area contributed by atoms with Crippen molar-refractivity contribution in [1.29, 1.82) is 0 Å². The third-order valence-corrected chi connectivity index (χ3v) is 6.40. The number of likely N-dealkylation sites (tertiary alicyclic amines) is 1. The second-order valence-electron chi connectivity index (χ2n) is 7.01. The van der Waals surface area contributed by atoms with Gasteiger partial charge in [0, 0.05) is 23.2 Å². The Morgan fingerprint density at radius 1 is 1.23 bits per heavy atom. The molecular weight excluding hydrogens is 370 g/mol. The number of amides is 1. The largest absolute Gasteiger partial charge is 0.411 e. The molecule has 1 aromatic carbocycles. The Balaban J connectivity index is 1.37. The van der Waals surface area contributed by atoms with Crippen LogP contribution in [0.25, 0.3) is 11.5 Å². The van der Waals surface area contributed by atoms with Crippen LogP contribution < -0.4 is 0 Å². The van der Waals surface area contributed by atoms with Gasteiger partial charge in [0.15, 0.2) is 0 Å². The highest BCUT2D eigenvalue weighted by molar-refractivity contribution is 7.99. The summed E-state index contributed by atoms with van der Waals surface area (Å²) < 4.78 is 5.68. The van der Waals surface area contributed by atoms with Crippen LogP contribution in [0.4, 0.5) is 0 Å². The average Bonchev–Trinajstić information content (AvgIpc) is 3.15. The lowest BCUT2D eigenvalue weighted by atomic mass is 9.78. The van der Waals surface area contributed by atoms with Crippen LogP contribution >= 0.6 is 23.4 Å². The number of aromatic nitrogens is 2. The molecule has 1 saturated carbocycles. The quantitative estimate of drug-likeness (QED) is 0.709. The molecule has 1 aromatic heterocycles. The zero-order valence-corrected chi connectivity index (χ0v) is 16.1. The number of thioether (sulfide) groups is 1. The van der Waals surface area contributed by atoms with E-state index in [2.05, 4.69) is 15.1 Å². The van der Waals surface area contributed by atoms with Gasteiger partial charge in [0.05, 0.1) is 5.75 Å². The van der Waals surface area contributed by atoms with Crippen molar-refractivity contribution in [3.63, 3.8) is 0 Å². The highest BCUT2D eigenvalue weighted by Gasteiger charge is 2.35. The van der Waals surface area contributed by atoms with Crippen LogP contribution in [0.1, 0.15) is 38.5 Å². The smallest absolute Gasteiger partial charge is 0.277 e. The number of halogens is 1. The van der Waals surface area contributed by atoms with Crippen molar-refractivity contribution in [1.82, 2.24) is 15.1 Å². The lowest BCUT2D eigenvalue weighted by molar-refractivity contribution is -0.134. The summed E-state index contributed by atoms with van der Waals surface area (Å²) in [5.41, 5.74) is 0.782. The van der Waals surface area contributed by atoms with Crippen molar-refractivity contribution in [2.45, 2.75) is 49.8 Å². The summed E-state index contributed by atoms with van der Waals surface area (Å²) in [5, 5.41) is 9.16.